The molecule has 148 valence electrons. The van der Waals surface area contributed by atoms with Gasteiger partial charge in [-0.3, -0.25) is 4.79 Å². The maximum Gasteiger partial charge on any atom is 0.279 e. The molecule has 1 unspecified atom stereocenters. The number of furan rings is 1. The van der Waals surface area contributed by atoms with Gasteiger partial charge in [-0.2, -0.15) is 0 Å². The minimum Gasteiger partial charge on any atom is -0.494 e. The summed E-state index contributed by atoms with van der Waals surface area (Å²) in [5.41, 5.74) is 3.13. The molecule has 0 fully saturated rings. The monoisotopic (exact) mass is 393 g/mol. The van der Waals surface area contributed by atoms with Gasteiger partial charge in [0.15, 0.2) is 18.1 Å². The van der Waals surface area contributed by atoms with E-state index in [0.717, 1.165) is 38.1 Å². The van der Waals surface area contributed by atoms with Gasteiger partial charge in [0.25, 0.3) is 5.91 Å². The normalized spacial score (nSPS) is 12.2. The van der Waals surface area contributed by atoms with E-state index >= 15 is 0 Å². The summed E-state index contributed by atoms with van der Waals surface area (Å²) in [6, 6.07) is 18.3. The molecule has 6 heteroatoms. The molecule has 2 N–H and O–H groups in total. The van der Waals surface area contributed by atoms with Crippen LogP contribution in [0.5, 0.6) is 5.75 Å². The predicted octanol–water partition coefficient (Wildman–Crippen LogP) is 3.39. The van der Waals surface area contributed by atoms with Gasteiger partial charge in [-0.05, 0) is 42.5 Å². The third kappa shape index (κ3) is 4.07. The van der Waals surface area contributed by atoms with Crippen molar-refractivity contribution < 1.29 is 23.2 Å². The Labute approximate surface area is 167 Å². The van der Waals surface area contributed by atoms with E-state index in [1.165, 1.54) is 13.2 Å². The fourth-order valence-corrected chi connectivity index (χ4v) is 3.51. The summed E-state index contributed by atoms with van der Waals surface area (Å²) in [7, 11) is 3.33. The molecule has 1 heterocycles. The number of methoxy groups -OCH3 is 1. The first kappa shape index (κ1) is 19.0. The lowest BCUT2D eigenvalue weighted by atomic mass is 10.1. The number of ether oxygens (including phenoxy) is 1. The molecule has 3 aromatic carbocycles. The van der Waals surface area contributed by atoms with Crippen molar-refractivity contribution in [3.63, 3.8) is 0 Å². The predicted molar refractivity (Wildman–Crippen MR) is 111 cm³/mol. The molecule has 0 aliphatic heterocycles. The molecule has 0 spiro atoms. The lowest BCUT2D eigenvalue weighted by molar-refractivity contribution is -0.885. The Bertz CT molecular complexity index is 1190. The largest absolute Gasteiger partial charge is 0.494 e. The van der Waals surface area contributed by atoms with Gasteiger partial charge in [0.05, 0.1) is 14.2 Å². The van der Waals surface area contributed by atoms with E-state index in [4.69, 9.17) is 9.15 Å². The average molecular weight is 393 g/mol. The van der Waals surface area contributed by atoms with E-state index in [1.54, 1.807) is 12.1 Å². The number of halogens is 1. The van der Waals surface area contributed by atoms with E-state index < -0.39 is 5.82 Å². The van der Waals surface area contributed by atoms with Gasteiger partial charge in [-0.15, -0.1) is 0 Å². The van der Waals surface area contributed by atoms with Gasteiger partial charge in [0.2, 0.25) is 0 Å². The number of anilines is 1. The Morgan fingerprint density at radius 1 is 1.07 bits per heavy atom. The second-order valence-electron chi connectivity index (χ2n) is 7.14. The highest BCUT2D eigenvalue weighted by atomic mass is 19.1. The molecular weight excluding hydrogens is 371 g/mol. The number of rotatable bonds is 6. The maximum atomic E-state index is 13.8. The molecule has 0 bridgehead atoms. The number of nitrogens with one attached hydrogen (secondary N) is 2. The second-order valence-corrected chi connectivity index (χ2v) is 7.14. The first-order chi connectivity index (χ1) is 14.0. The van der Waals surface area contributed by atoms with E-state index in [1.807, 2.05) is 49.5 Å². The van der Waals surface area contributed by atoms with Gasteiger partial charge in [-0.25, -0.2) is 4.39 Å². The topological polar surface area (TPSA) is 55.9 Å². The fraction of sp³-hybridized carbons (Fsp3) is 0.174. The third-order valence-corrected chi connectivity index (χ3v) is 4.84. The molecule has 0 saturated carbocycles. The summed E-state index contributed by atoms with van der Waals surface area (Å²) < 4.78 is 24.6. The van der Waals surface area contributed by atoms with Gasteiger partial charge < -0.3 is 19.4 Å². The van der Waals surface area contributed by atoms with Crippen LogP contribution in [-0.4, -0.2) is 26.6 Å². The van der Waals surface area contributed by atoms with E-state index in [2.05, 4.69) is 5.32 Å². The number of carbonyl (C=O) groups is 1. The molecule has 5 nitrogen and oxygen atoms in total. The summed E-state index contributed by atoms with van der Waals surface area (Å²) >= 11 is 0. The van der Waals surface area contributed by atoms with Crippen LogP contribution in [0.4, 0.5) is 10.1 Å². The van der Waals surface area contributed by atoms with Crippen LogP contribution < -0.4 is 15.0 Å². The van der Waals surface area contributed by atoms with E-state index in [0.29, 0.717) is 6.54 Å². The van der Waals surface area contributed by atoms with Crippen molar-refractivity contribution in [3.8, 4) is 5.75 Å². The third-order valence-electron chi connectivity index (χ3n) is 4.84. The zero-order valence-electron chi connectivity index (χ0n) is 16.3. The minimum atomic E-state index is -0.400. The molecule has 1 amide bonds. The number of likely N-dealkylation sites (N-methyl/N-ethyl adjacent to an activating group) is 1. The Balaban J connectivity index is 1.42. The van der Waals surface area contributed by atoms with Crippen LogP contribution in [0.25, 0.3) is 21.9 Å². The Morgan fingerprint density at radius 2 is 1.86 bits per heavy atom. The molecule has 4 rings (SSSR count). The summed E-state index contributed by atoms with van der Waals surface area (Å²) in [6.45, 7) is 0.789. The molecule has 1 aromatic heterocycles. The van der Waals surface area contributed by atoms with Gasteiger partial charge in [0.1, 0.15) is 17.7 Å². The first-order valence-corrected chi connectivity index (χ1v) is 9.38. The van der Waals surface area contributed by atoms with Crippen molar-refractivity contribution in [2.45, 2.75) is 6.54 Å². The molecular formula is C23H22FN2O3+. The van der Waals surface area contributed by atoms with Crippen molar-refractivity contribution in [2.75, 3.05) is 26.0 Å². The highest BCUT2D eigenvalue weighted by Crippen LogP contribution is 2.30. The van der Waals surface area contributed by atoms with Crippen molar-refractivity contribution in [1.29, 1.82) is 0 Å². The van der Waals surface area contributed by atoms with Crippen LogP contribution >= 0.6 is 0 Å². The summed E-state index contributed by atoms with van der Waals surface area (Å²) in [5, 5.41) is 4.92. The minimum absolute atomic E-state index is 0.108. The molecule has 1 atom stereocenters. The SMILES string of the molecule is COc1ccc(C[NH+](C)CC(=O)Nc2ccc3oc4ccccc4c3c2)cc1F. The molecule has 0 radical (unpaired) electrons. The molecule has 4 aromatic rings. The zero-order chi connectivity index (χ0) is 20.4. The van der Waals surface area contributed by atoms with Crippen LogP contribution in [0.1, 0.15) is 5.56 Å². The quantitative estimate of drug-likeness (QED) is 0.528. The van der Waals surface area contributed by atoms with Gasteiger partial charge >= 0.3 is 0 Å². The summed E-state index contributed by atoms with van der Waals surface area (Å²) in [6.07, 6.45) is 0. The van der Waals surface area contributed by atoms with Crippen molar-refractivity contribution in [2.24, 2.45) is 0 Å². The number of amides is 1. The highest BCUT2D eigenvalue weighted by Gasteiger charge is 2.14. The van der Waals surface area contributed by atoms with Crippen LogP contribution in [0.3, 0.4) is 0 Å². The number of para-hydroxylation sites is 1. The average Bonchev–Trinajstić information content (AvgIpc) is 3.06. The lowest BCUT2D eigenvalue weighted by Gasteiger charge is -2.14. The first-order valence-electron chi connectivity index (χ1n) is 9.38. The lowest BCUT2D eigenvalue weighted by Crippen LogP contribution is -3.08. The number of hydrogen-bond donors (Lipinski definition) is 2. The molecule has 0 aliphatic rings. The van der Waals surface area contributed by atoms with Crippen molar-refractivity contribution in [3.05, 3.63) is 72.0 Å². The van der Waals surface area contributed by atoms with Crippen LogP contribution in [-0.2, 0) is 11.3 Å². The van der Waals surface area contributed by atoms with Gasteiger partial charge in [-0.1, -0.05) is 18.2 Å². The fourth-order valence-electron chi connectivity index (χ4n) is 3.51. The Kier molecular flexibility index (Phi) is 5.18. The smallest absolute Gasteiger partial charge is 0.279 e. The molecule has 0 aliphatic carbocycles. The molecule has 0 saturated heterocycles. The summed E-state index contributed by atoms with van der Waals surface area (Å²) in [5.74, 6) is -0.294. The van der Waals surface area contributed by atoms with Crippen LogP contribution in [0.2, 0.25) is 0 Å². The standard InChI is InChI=1S/C23H21FN2O3/c1-26(13-15-7-9-22(28-2)19(24)11-15)14-23(27)25-16-8-10-21-18(12-16)17-5-3-4-6-20(17)29-21/h3-12H,13-14H2,1-2H3,(H,25,27)/p+1. The van der Waals surface area contributed by atoms with E-state index in [9.17, 15) is 9.18 Å². The highest BCUT2D eigenvalue weighted by molar-refractivity contribution is 6.06. The Morgan fingerprint density at radius 3 is 2.66 bits per heavy atom. The van der Waals surface area contributed by atoms with Gasteiger partial charge in [0, 0.05) is 22.0 Å². The van der Waals surface area contributed by atoms with Crippen molar-refractivity contribution in [1.82, 2.24) is 0 Å². The number of benzene rings is 3. The van der Waals surface area contributed by atoms with Crippen LogP contribution in [0.15, 0.2) is 65.1 Å². The van der Waals surface area contributed by atoms with Crippen LogP contribution in [0, 0.1) is 5.82 Å². The number of quaternary nitrogens is 1. The number of fused-ring (bicyclic) bond motifs is 3. The van der Waals surface area contributed by atoms with E-state index in [-0.39, 0.29) is 18.2 Å². The number of carbonyl (C=O) groups excluding carboxylic acids is 1. The summed E-state index contributed by atoms with van der Waals surface area (Å²) in [4.78, 5) is 13.4. The maximum absolute atomic E-state index is 13.8. The molecule has 29 heavy (non-hydrogen) atoms. The number of hydrogen-bond acceptors (Lipinski definition) is 3. The second kappa shape index (κ2) is 7.93. The van der Waals surface area contributed by atoms with Crippen molar-refractivity contribution >= 4 is 33.5 Å². The Hall–Kier alpha value is -3.38. The zero-order valence-corrected chi connectivity index (χ0v) is 16.3.